The van der Waals surface area contributed by atoms with E-state index in [1.54, 1.807) is 0 Å². The van der Waals surface area contributed by atoms with Gasteiger partial charge in [-0.1, -0.05) is 30.0 Å². The van der Waals surface area contributed by atoms with Crippen LogP contribution in [0, 0.1) is 11.8 Å². The lowest BCUT2D eigenvalue weighted by atomic mass is 10.1. The van der Waals surface area contributed by atoms with E-state index in [1.165, 1.54) is 5.56 Å². The molecule has 0 aliphatic carbocycles. The van der Waals surface area contributed by atoms with E-state index in [0.29, 0.717) is 0 Å². The Labute approximate surface area is 85.2 Å². The largest absolute Gasteiger partial charge is 0.384 e. The van der Waals surface area contributed by atoms with E-state index in [4.69, 9.17) is 5.11 Å². The molecular weight excluding hydrogens is 174 g/mol. The molecule has 0 bridgehead atoms. The minimum Gasteiger partial charge on any atom is -0.384 e. The number of hydrogen-bond acceptors (Lipinski definition) is 2. The fourth-order valence-corrected chi connectivity index (χ4v) is 1.26. The van der Waals surface area contributed by atoms with Crippen LogP contribution in [0.3, 0.4) is 0 Å². The van der Waals surface area contributed by atoms with E-state index in [1.807, 2.05) is 32.3 Å². The zero-order valence-electron chi connectivity index (χ0n) is 8.62. The summed E-state index contributed by atoms with van der Waals surface area (Å²) in [5.74, 6) is 5.61. The average molecular weight is 189 g/mol. The van der Waals surface area contributed by atoms with Crippen molar-refractivity contribution in [2.45, 2.75) is 6.54 Å². The third-order valence-electron chi connectivity index (χ3n) is 1.81. The second-order valence-electron chi connectivity index (χ2n) is 3.35. The van der Waals surface area contributed by atoms with Crippen molar-refractivity contribution >= 4 is 0 Å². The molecule has 0 saturated heterocycles. The molecule has 1 N–H and O–H groups in total. The monoisotopic (exact) mass is 189 g/mol. The van der Waals surface area contributed by atoms with Gasteiger partial charge in [-0.25, -0.2) is 0 Å². The smallest absolute Gasteiger partial charge is 0.104 e. The molecule has 74 valence electrons. The maximum atomic E-state index is 8.62. The first-order chi connectivity index (χ1) is 6.74. The van der Waals surface area contributed by atoms with Gasteiger partial charge in [0.1, 0.15) is 6.61 Å². The maximum absolute atomic E-state index is 8.62. The summed E-state index contributed by atoms with van der Waals surface area (Å²) in [5.41, 5.74) is 2.19. The molecule has 0 saturated carbocycles. The van der Waals surface area contributed by atoms with Gasteiger partial charge >= 0.3 is 0 Å². The quantitative estimate of drug-likeness (QED) is 0.704. The van der Waals surface area contributed by atoms with Crippen molar-refractivity contribution in [3.8, 4) is 11.8 Å². The van der Waals surface area contributed by atoms with Crippen LogP contribution < -0.4 is 0 Å². The van der Waals surface area contributed by atoms with E-state index >= 15 is 0 Å². The molecule has 0 aliphatic rings. The van der Waals surface area contributed by atoms with Gasteiger partial charge in [-0.15, -0.1) is 0 Å². The molecule has 2 heteroatoms. The van der Waals surface area contributed by atoms with Gasteiger partial charge in [0.25, 0.3) is 0 Å². The fourth-order valence-electron chi connectivity index (χ4n) is 1.26. The molecule has 0 spiro atoms. The second kappa shape index (κ2) is 5.43. The van der Waals surface area contributed by atoms with Crippen LogP contribution in [0.2, 0.25) is 0 Å². The summed E-state index contributed by atoms with van der Waals surface area (Å²) >= 11 is 0. The van der Waals surface area contributed by atoms with E-state index in [0.717, 1.165) is 12.1 Å². The molecule has 0 atom stereocenters. The number of benzene rings is 1. The predicted octanol–water partition coefficient (Wildman–Crippen LogP) is 1.09. The van der Waals surface area contributed by atoms with Crippen LogP contribution in [0.15, 0.2) is 24.3 Å². The second-order valence-corrected chi connectivity index (χ2v) is 3.35. The van der Waals surface area contributed by atoms with Crippen molar-refractivity contribution in [1.29, 1.82) is 0 Å². The van der Waals surface area contributed by atoms with E-state index in [2.05, 4.69) is 22.8 Å². The Bertz CT molecular complexity index is 347. The number of aliphatic hydroxyl groups is 1. The van der Waals surface area contributed by atoms with Gasteiger partial charge in [0.15, 0.2) is 0 Å². The van der Waals surface area contributed by atoms with Crippen molar-refractivity contribution in [2.75, 3.05) is 20.7 Å². The van der Waals surface area contributed by atoms with E-state index in [-0.39, 0.29) is 6.61 Å². The number of aliphatic hydroxyl groups excluding tert-OH is 1. The Kier molecular flexibility index (Phi) is 4.18. The lowest BCUT2D eigenvalue weighted by Crippen LogP contribution is -2.11. The summed E-state index contributed by atoms with van der Waals surface area (Å²) in [6.45, 7) is 0.784. The minimum absolute atomic E-state index is 0.0870. The van der Waals surface area contributed by atoms with Crippen LogP contribution in [0.25, 0.3) is 0 Å². The third-order valence-corrected chi connectivity index (χ3v) is 1.81. The van der Waals surface area contributed by atoms with Crippen LogP contribution in [0.5, 0.6) is 0 Å². The molecule has 0 aliphatic heterocycles. The SMILES string of the molecule is CN(C)Cc1ccccc1C#CCO. The van der Waals surface area contributed by atoms with Gasteiger partial charge in [0.05, 0.1) is 0 Å². The average Bonchev–Trinajstić information content (AvgIpc) is 2.16. The fraction of sp³-hybridized carbons (Fsp3) is 0.333. The Balaban J connectivity index is 2.91. The standard InChI is InChI=1S/C12H15NO/c1-13(2)10-12-7-4-3-6-11(12)8-5-9-14/h3-4,6-7,14H,9-10H2,1-2H3. The third kappa shape index (κ3) is 3.21. The predicted molar refractivity (Wildman–Crippen MR) is 57.8 cm³/mol. The Morgan fingerprint density at radius 1 is 1.29 bits per heavy atom. The summed E-state index contributed by atoms with van der Waals surface area (Å²) < 4.78 is 0. The van der Waals surface area contributed by atoms with Gasteiger partial charge < -0.3 is 10.0 Å². The van der Waals surface area contributed by atoms with Gasteiger partial charge in [-0.2, -0.15) is 0 Å². The minimum atomic E-state index is -0.0870. The number of hydrogen-bond donors (Lipinski definition) is 1. The molecule has 1 aromatic rings. The summed E-state index contributed by atoms with van der Waals surface area (Å²) in [5, 5.41) is 8.62. The van der Waals surface area contributed by atoms with E-state index < -0.39 is 0 Å². The molecule has 0 heterocycles. The molecule has 0 radical (unpaired) electrons. The van der Waals surface area contributed by atoms with Gasteiger partial charge in [-0.3, -0.25) is 0 Å². The highest BCUT2D eigenvalue weighted by molar-refractivity contribution is 5.41. The van der Waals surface area contributed by atoms with Crippen molar-refractivity contribution in [1.82, 2.24) is 4.90 Å². The molecule has 0 unspecified atom stereocenters. The first-order valence-corrected chi connectivity index (χ1v) is 4.56. The number of nitrogens with zero attached hydrogens (tertiary/aromatic N) is 1. The number of rotatable bonds is 2. The summed E-state index contributed by atoms with van der Waals surface area (Å²) in [6.07, 6.45) is 0. The molecule has 0 aromatic heterocycles. The molecular formula is C12H15NO. The van der Waals surface area contributed by atoms with Crippen LogP contribution in [0.4, 0.5) is 0 Å². The van der Waals surface area contributed by atoms with Crippen LogP contribution in [-0.2, 0) is 6.54 Å². The van der Waals surface area contributed by atoms with Crippen molar-refractivity contribution < 1.29 is 5.11 Å². The van der Waals surface area contributed by atoms with E-state index in [9.17, 15) is 0 Å². The van der Waals surface area contributed by atoms with Crippen LogP contribution in [-0.4, -0.2) is 30.7 Å². The van der Waals surface area contributed by atoms with Crippen molar-refractivity contribution in [3.63, 3.8) is 0 Å². The van der Waals surface area contributed by atoms with Gasteiger partial charge in [-0.05, 0) is 25.7 Å². The Morgan fingerprint density at radius 3 is 2.64 bits per heavy atom. The topological polar surface area (TPSA) is 23.5 Å². The molecule has 14 heavy (non-hydrogen) atoms. The maximum Gasteiger partial charge on any atom is 0.104 e. The lowest BCUT2D eigenvalue weighted by molar-refractivity contribution is 0.350. The highest BCUT2D eigenvalue weighted by Crippen LogP contribution is 2.08. The zero-order chi connectivity index (χ0) is 10.4. The highest BCUT2D eigenvalue weighted by atomic mass is 16.2. The first-order valence-electron chi connectivity index (χ1n) is 4.56. The lowest BCUT2D eigenvalue weighted by Gasteiger charge is -2.10. The Morgan fingerprint density at radius 2 is 2.00 bits per heavy atom. The molecule has 1 aromatic carbocycles. The normalized spacial score (nSPS) is 9.71. The van der Waals surface area contributed by atoms with Gasteiger partial charge in [0, 0.05) is 12.1 Å². The van der Waals surface area contributed by atoms with Crippen LogP contribution in [0.1, 0.15) is 11.1 Å². The summed E-state index contributed by atoms with van der Waals surface area (Å²) in [7, 11) is 4.05. The molecule has 1 rings (SSSR count). The zero-order valence-corrected chi connectivity index (χ0v) is 8.62. The van der Waals surface area contributed by atoms with Crippen molar-refractivity contribution in [2.24, 2.45) is 0 Å². The van der Waals surface area contributed by atoms with Crippen molar-refractivity contribution in [3.05, 3.63) is 35.4 Å². The first kappa shape index (κ1) is 10.8. The summed E-state index contributed by atoms with van der Waals surface area (Å²) in [6, 6.07) is 7.99. The van der Waals surface area contributed by atoms with Gasteiger partial charge in [0.2, 0.25) is 0 Å². The highest BCUT2D eigenvalue weighted by Gasteiger charge is 1.99. The Hall–Kier alpha value is -1.30. The molecule has 0 amide bonds. The summed E-state index contributed by atoms with van der Waals surface area (Å²) in [4.78, 5) is 2.10. The molecule has 0 fully saturated rings. The molecule has 2 nitrogen and oxygen atoms in total. The van der Waals surface area contributed by atoms with Crippen LogP contribution >= 0.6 is 0 Å².